The third-order valence-electron chi connectivity index (χ3n) is 5.74. The van der Waals surface area contributed by atoms with E-state index in [2.05, 4.69) is 18.0 Å². The zero-order valence-corrected chi connectivity index (χ0v) is 25.2. The Bertz CT molecular complexity index is 982. The molecule has 0 rings (SSSR count). The van der Waals surface area contributed by atoms with Gasteiger partial charge in [0.15, 0.2) is 5.25 Å². The van der Waals surface area contributed by atoms with Gasteiger partial charge in [-0.1, -0.05) is 66.2 Å². The predicted octanol–water partition coefficient (Wildman–Crippen LogP) is 2.70. The summed E-state index contributed by atoms with van der Waals surface area (Å²) < 4.78 is 73.8. The van der Waals surface area contributed by atoms with Crippen LogP contribution in [0.3, 0.4) is 0 Å². The summed E-state index contributed by atoms with van der Waals surface area (Å²) in [6.07, 6.45) is 5.59. The molecular weight excluding hydrogens is 599 g/mol. The number of aliphatic carboxylic acids is 1. The van der Waals surface area contributed by atoms with Crippen molar-refractivity contribution in [2.45, 2.75) is 104 Å². The Morgan fingerprint density at radius 2 is 1.20 bits per heavy atom. The second-order valence-electron chi connectivity index (χ2n) is 9.13. The summed E-state index contributed by atoms with van der Waals surface area (Å²) in [6.45, 7) is 8.35. The number of esters is 2. The van der Waals surface area contributed by atoms with Crippen molar-refractivity contribution in [2.24, 2.45) is 11.8 Å². The van der Waals surface area contributed by atoms with Gasteiger partial charge in [0.05, 0.1) is 32.5 Å². The number of unbranched alkanes of at least 4 members (excludes halogenated alkanes) is 2. The molecule has 0 bridgehead atoms. The van der Waals surface area contributed by atoms with Crippen LogP contribution in [0.25, 0.3) is 0 Å². The Kier molecular flexibility index (Phi) is 26.0. The first-order valence-electron chi connectivity index (χ1n) is 13.2. The standard InChI is InChI=1S/C20H38O7S.C4H6O7S.Na.H/c1-5-9-11-16(7-3)14-26-19(21)13-18(28(23,24)25)20(22)27-15-17(8-4)12-10-6-2;5-3(6)1-2-4(7)11-12(8,9)10;;/h16-18H,5-15H2,1-4H3,(H,23,24,25);1-2H2,(H,5,6)(H,8,9,10);;. The van der Waals surface area contributed by atoms with E-state index >= 15 is 0 Å². The van der Waals surface area contributed by atoms with E-state index in [1.807, 2.05) is 13.8 Å². The van der Waals surface area contributed by atoms with Crippen LogP contribution in [-0.2, 0) is 53.4 Å². The van der Waals surface area contributed by atoms with E-state index < -0.39 is 68.9 Å². The molecule has 0 aliphatic carbocycles. The minimum absolute atomic E-state index is 0. The average molecular weight is 645 g/mol. The van der Waals surface area contributed by atoms with Gasteiger partial charge in [-0.25, -0.2) is 0 Å². The third kappa shape index (κ3) is 26.1. The van der Waals surface area contributed by atoms with Crippen molar-refractivity contribution in [3.63, 3.8) is 0 Å². The molecule has 14 nitrogen and oxygen atoms in total. The van der Waals surface area contributed by atoms with Crippen molar-refractivity contribution in [3.05, 3.63) is 0 Å². The summed E-state index contributed by atoms with van der Waals surface area (Å²) in [4.78, 5) is 44.4. The van der Waals surface area contributed by atoms with Gasteiger partial charge < -0.3 is 18.8 Å². The van der Waals surface area contributed by atoms with E-state index in [1.165, 1.54) is 0 Å². The molecule has 0 aliphatic rings. The summed E-state index contributed by atoms with van der Waals surface area (Å²) in [5, 5.41) is 6.10. The zero-order chi connectivity index (χ0) is 31.4. The molecule has 0 radical (unpaired) electrons. The summed E-state index contributed by atoms with van der Waals surface area (Å²) in [6, 6.07) is 0. The van der Waals surface area contributed by atoms with E-state index in [9.17, 15) is 40.6 Å². The summed E-state index contributed by atoms with van der Waals surface area (Å²) in [7, 11) is -9.58. The number of ether oxygens (including phenoxy) is 2. The van der Waals surface area contributed by atoms with Crippen LogP contribution in [0.15, 0.2) is 0 Å². The first-order chi connectivity index (χ1) is 18.5. The predicted molar refractivity (Wildman–Crippen MR) is 150 cm³/mol. The van der Waals surface area contributed by atoms with Gasteiger partial charge in [-0.05, 0) is 24.7 Å². The van der Waals surface area contributed by atoms with E-state index in [0.29, 0.717) is 0 Å². The van der Waals surface area contributed by atoms with Gasteiger partial charge in [-0.15, -0.1) is 0 Å². The molecule has 0 aromatic carbocycles. The molecule has 0 heterocycles. The molecule has 0 saturated carbocycles. The first-order valence-corrected chi connectivity index (χ1v) is 16.1. The van der Waals surface area contributed by atoms with Gasteiger partial charge in [0.1, 0.15) is 0 Å². The number of carboxylic acids is 1. The van der Waals surface area contributed by atoms with Gasteiger partial charge >= 0.3 is 63.8 Å². The van der Waals surface area contributed by atoms with Crippen LogP contribution in [-0.4, -0.2) is 103 Å². The summed E-state index contributed by atoms with van der Waals surface area (Å²) >= 11 is 0. The van der Waals surface area contributed by atoms with Gasteiger partial charge in [0.25, 0.3) is 10.1 Å². The molecule has 0 saturated heterocycles. The number of hydrogen-bond acceptors (Lipinski definition) is 11. The molecule has 0 aliphatic heterocycles. The molecule has 0 fully saturated rings. The minimum atomic E-state index is -4.81. The van der Waals surface area contributed by atoms with Crippen LogP contribution < -0.4 is 0 Å². The van der Waals surface area contributed by atoms with E-state index in [1.54, 1.807) is 0 Å². The number of carboxylic acid groups (broad SMARTS) is 1. The molecule has 3 N–H and O–H groups in total. The molecule has 17 heteroatoms. The van der Waals surface area contributed by atoms with Crippen LogP contribution in [0.5, 0.6) is 0 Å². The molecule has 0 spiro atoms. The van der Waals surface area contributed by atoms with Crippen molar-refractivity contribution >= 4 is 74.0 Å². The molecule has 3 unspecified atom stereocenters. The van der Waals surface area contributed by atoms with E-state index in [-0.39, 0.29) is 54.6 Å². The van der Waals surface area contributed by atoms with E-state index in [0.717, 1.165) is 51.4 Å². The number of hydrogen-bond donors (Lipinski definition) is 3. The monoisotopic (exact) mass is 644 g/mol. The molecular formula is C24H45NaO14S2. The number of carbonyl (C=O) groups excluding carboxylic acids is 3. The van der Waals surface area contributed by atoms with Crippen molar-refractivity contribution in [3.8, 4) is 0 Å². The van der Waals surface area contributed by atoms with Crippen LogP contribution in [0.1, 0.15) is 98.3 Å². The topological polar surface area (TPSA) is 225 Å². The number of rotatable bonds is 20. The Balaban J connectivity index is -0.000000933. The average Bonchev–Trinajstić information content (AvgIpc) is 2.84. The first kappa shape index (κ1) is 44.1. The van der Waals surface area contributed by atoms with Crippen LogP contribution >= 0.6 is 0 Å². The Hall–Kier alpha value is -1.30. The van der Waals surface area contributed by atoms with Crippen molar-refractivity contribution in [1.29, 1.82) is 0 Å². The SMILES string of the molecule is CCCCC(CC)COC(=O)CC(C(=O)OCC(CC)CCCC)S(=O)(=O)O.O=C(O)CCC(=O)OS(=O)(=O)O.[NaH]. The van der Waals surface area contributed by atoms with Crippen LogP contribution in [0.2, 0.25) is 0 Å². The third-order valence-corrected chi connectivity index (χ3v) is 7.22. The van der Waals surface area contributed by atoms with Crippen molar-refractivity contribution in [1.82, 2.24) is 0 Å². The maximum absolute atomic E-state index is 12.2. The fourth-order valence-corrected chi connectivity index (χ4v) is 4.16. The molecule has 0 aromatic rings. The van der Waals surface area contributed by atoms with Gasteiger partial charge in [-0.3, -0.25) is 28.3 Å². The van der Waals surface area contributed by atoms with E-state index in [4.69, 9.17) is 19.1 Å². The molecule has 0 amide bonds. The molecule has 238 valence electrons. The van der Waals surface area contributed by atoms with Crippen LogP contribution in [0, 0.1) is 11.8 Å². The van der Waals surface area contributed by atoms with Crippen LogP contribution in [0.4, 0.5) is 0 Å². The normalized spacial score (nSPS) is 13.3. The maximum atomic E-state index is 12.2. The number of carbonyl (C=O) groups is 4. The molecule has 3 atom stereocenters. The van der Waals surface area contributed by atoms with Crippen molar-refractivity contribution < 1.29 is 63.9 Å². The Morgan fingerprint density at radius 1 is 0.732 bits per heavy atom. The van der Waals surface area contributed by atoms with Gasteiger partial charge in [0.2, 0.25) is 0 Å². The zero-order valence-electron chi connectivity index (χ0n) is 23.6. The quantitative estimate of drug-likeness (QED) is 0.0984. The fourth-order valence-electron chi connectivity index (χ4n) is 3.19. The Morgan fingerprint density at radius 3 is 1.56 bits per heavy atom. The summed E-state index contributed by atoms with van der Waals surface area (Å²) in [5.74, 6) is -4.17. The second kappa shape index (κ2) is 24.2. The van der Waals surface area contributed by atoms with Crippen molar-refractivity contribution in [2.75, 3.05) is 13.2 Å². The molecule has 41 heavy (non-hydrogen) atoms. The van der Waals surface area contributed by atoms with Gasteiger partial charge in [0, 0.05) is 0 Å². The second-order valence-corrected chi connectivity index (χ2v) is 11.8. The van der Waals surface area contributed by atoms with Gasteiger partial charge in [-0.2, -0.15) is 16.8 Å². The molecule has 0 aromatic heterocycles. The summed E-state index contributed by atoms with van der Waals surface area (Å²) in [5.41, 5.74) is 0. The Labute approximate surface area is 265 Å². The fraction of sp³-hybridized carbons (Fsp3) is 0.833.